The van der Waals surface area contributed by atoms with Gasteiger partial charge in [-0.05, 0) is 29.8 Å². The summed E-state index contributed by atoms with van der Waals surface area (Å²) in [5.74, 6) is 0.119. The molecule has 2 heterocycles. The summed E-state index contributed by atoms with van der Waals surface area (Å²) in [5.41, 5.74) is 2.41. The van der Waals surface area contributed by atoms with Crippen molar-refractivity contribution < 1.29 is 9.59 Å². The van der Waals surface area contributed by atoms with Gasteiger partial charge in [-0.15, -0.1) is 0 Å². The molecule has 164 valence electrons. The van der Waals surface area contributed by atoms with Crippen LogP contribution >= 0.6 is 0 Å². The standard InChI is InChI=1S/C24H26N6O2/c1-25-22(31)21-17-29(16-18-7-3-2-4-8-18)13-14-30(21)23(32)19-9-5-10-20(15-19)28-24-26-11-6-12-27-24/h2-12,15,21H,13-14,16-17H2,1H3,(H,25,31)(H,26,27,28)/t21-/m0/s1. The minimum Gasteiger partial charge on any atom is -0.357 e. The monoisotopic (exact) mass is 430 g/mol. The number of benzene rings is 2. The van der Waals surface area contributed by atoms with Gasteiger partial charge in [0, 0.05) is 56.9 Å². The summed E-state index contributed by atoms with van der Waals surface area (Å²) in [4.78, 5) is 38.2. The number of aromatic nitrogens is 2. The van der Waals surface area contributed by atoms with Gasteiger partial charge in [-0.2, -0.15) is 0 Å². The summed E-state index contributed by atoms with van der Waals surface area (Å²) < 4.78 is 0. The van der Waals surface area contributed by atoms with Crippen LogP contribution in [0.3, 0.4) is 0 Å². The zero-order chi connectivity index (χ0) is 22.3. The number of anilines is 2. The van der Waals surface area contributed by atoms with Crippen LogP contribution in [0.1, 0.15) is 15.9 Å². The van der Waals surface area contributed by atoms with Crippen LogP contribution in [-0.4, -0.2) is 64.3 Å². The predicted molar refractivity (Wildman–Crippen MR) is 122 cm³/mol. The van der Waals surface area contributed by atoms with Crippen LogP contribution in [0, 0.1) is 0 Å². The first-order valence-electron chi connectivity index (χ1n) is 10.6. The summed E-state index contributed by atoms with van der Waals surface area (Å²) >= 11 is 0. The number of rotatable bonds is 6. The van der Waals surface area contributed by atoms with Gasteiger partial charge in [-0.1, -0.05) is 36.4 Å². The van der Waals surface area contributed by atoms with E-state index in [1.807, 2.05) is 24.3 Å². The van der Waals surface area contributed by atoms with Crippen LogP contribution in [-0.2, 0) is 11.3 Å². The minimum atomic E-state index is -0.556. The molecule has 1 saturated heterocycles. The van der Waals surface area contributed by atoms with Crippen LogP contribution in [0.4, 0.5) is 11.6 Å². The molecule has 1 aliphatic heterocycles. The van der Waals surface area contributed by atoms with Gasteiger partial charge in [0.15, 0.2) is 0 Å². The van der Waals surface area contributed by atoms with Gasteiger partial charge in [0.1, 0.15) is 6.04 Å². The Balaban J connectivity index is 1.49. The Morgan fingerprint density at radius 3 is 2.53 bits per heavy atom. The van der Waals surface area contributed by atoms with Crippen LogP contribution in [0.5, 0.6) is 0 Å². The fourth-order valence-electron chi connectivity index (χ4n) is 3.85. The van der Waals surface area contributed by atoms with Gasteiger partial charge in [-0.3, -0.25) is 14.5 Å². The lowest BCUT2D eigenvalue weighted by atomic mass is 10.1. The van der Waals surface area contributed by atoms with Crippen molar-refractivity contribution in [2.45, 2.75) is 12.6 Å². The molecule has 0 saturated carbocycles. The average molecular weight is 431 g/mol. The number of hydrogen-bond acceptors (Lipinski definition) is 6. The molecule has 3 aromatic rings. The highest BCUT2D eigenvalue weighted by Gasteiger charge is 2.35. The van der Waals surface area contributed by atoms with E-state index in [4.69, 9.17) is 0 Å². The van der Waals surface area contributed by atoms with Crippen molar-refractivity contribution in [3.05, 3.63) is 84.2 Å². The molecule has 8 nitrogen and oxygen atoms in total. The van der Waals surface area contributed by atoms with E-state index in [2.05, 4.69) is 37.6 Å². The fourth-order valence-corrected chi connectivity index (χ4v) is 3.85. The lowest BCUT2D eigenvalue weighted by Gasteiger charge is -2.40. The van der Waals surface area contributed by atoms with Crippen molar-refractivity contribution in [3.63, 3.8) is 0 Å². The van der Waals surface area contributed by atoms with E-state index in [1.54, 1.807) is 48.6 Å². The quantitative estimate of drug-likeness (QED) is 0.624. The second-order valence-corrected chi connectivity index (χ2v) is 7.63. The first kappa shape index (κ1) is 21.5. The largest absolute Gasteiger partial charge is 0.357 e. The SMILES string of the molecule is CNC(=O)[C@@H]1CN(Cc2ccccc2)CCN1C(=O)c1cccc(Nc2ncccn2)c1. The third kappa shape index (κ3) is 5.09. The predicted octanol–water partition coefficient (Wildman–Crippen LogP) is 2.29. The Bertz CT molecular complexity index is 1060. The molecule has 1 aliphatic rings. The number of piperazine rings is 1. The van der Waals surface area contributed by atoms with E-state index < -0.39 is 6.04 Å². The number of nitrogens with one attached hydrogen (secondary N) is 2. The number of carbonyl (C=O) groups excluding carboxylic acids is 2. The van der Waals surface area contributed by atoms with Crippen molar-refractivity contribution in [2.75, 3.05) is 32.0 Å². The first-order chi connectivity index (χ1) is 15.6. The topological polar surface area (TPSA) is 90.5 Å². The lowest BCUT2D eigenvalue weighted by Crippen LogP contribution is -2.60. The van der Waals surface area contributed by atoms with Crippen molar-refractivity contribution in [3.8, 4) is 0 Å². The fraction of sp³-hybridized carbons (Fsp3) is 0.250. The van der Waals surface area contributed by atoms with E-state index in [9.17, 15) is 9.59 Å². The maximum atomic E-state index is 13.4. The molecule has 0 aliphatic carbocycles. The second-order valence-electron chi connectivity index (χ2n) is 7.63. The number of nitrogens with zero attached hydrogens (tertiary/aromatic N) is 4. The molecule has 1 fully saturated rings. The van der Waals surface area contributed by atoms with Crippen molar-refractivity contribution in [1.29, 1.82) is 0 Å². The molecule has 0 spiro atoms. The first-order valence-corrected chi connectivity index (χ1v) is 10.6. The molecule has 1 aromatic heterocycles. The van der Waals surface area contributed by atoms with E-state index in [-0.39, 0.29) is 11.8 Å². The normalized spacial score (nSPS) is 16.4. The van der Waals surface area contributed by atoms with E-state index in [0.29, 0.717) is 36.8 Å². The Morgan fingerprint density at radius 2 is 1.78 bits per heavy atom. The van der Waals surface area contributed by atoms with Gasteiger partial charge >= 0.3 is 0 Å². The molecule has 2 N–H and O–H groups in total. The Labute approximate surface area is 187 Å². The van der Waals surface area contributed by atoms with Crippen LogP contribution < -0.4 is 10.6 Å². The number of carbonyl (C=O) groups is 2. The lowest BCUT2D eigenvalue weighted by molar-refractivity contribution is -0.127. The molecule has 2 amide bonds. The van der Waals surface area contributed by atoms with Crippen molar-refractivity contribution >= 4 is 23.5 Å². The molecule has 32 heavy (non-hydrogen) atoms. The second kappa shape index (κ2) is 10.0. The summed E-state index contributed by atoms with van der Waals surface area (Å²) in [6, 6.07) is 18.5. The molecule has 0 bridgehead atoms. The maximum Gasteiger partial charge on any atom is 0.254 e. The van der Waals surface area contributed by atoms with Gasteiger partial charge in [0.25, 0.3) is 5.91 Å². The molecular formula is C24H26N6O2. The van der Waals surface area contributed by atoms with Gasteiger partial charge in [-0.25, -0.2) is 9.97 Å². The Morgan fingerprint density at radius 1 is 1.00 bits per heavy atom. The number of hydrogen-bond donors (Lipinski definition) is 2. The summed E-state index contributed by atoms with van der Waals surface area (Å²) in [6.07, 6.45) is 3.29. The highest BCUT2D eigenvalue weighted by Crippen LogP contribution is 2.20. The molecule has 4 rings (SSSR count). The maximum absolute atomic E-state index is 13.4. The molecule has 0 unspecified atom stereocenters. The molecule has 8 heteroatoms. The van der Waals surface area contributed by atoms with Crippen LogP contribution in [0.15, 0.2) is 73.1 Å². The molecular weight excluding hydrogens is 404 g/mol. The third-order valence-electron chi connectivity index (χ3n) is 5.45. The molecule has 2 aromatic carbocycles. The Hall–Kier alpha value is -3.78. The van der Waals surface area contributed by atoms with Gasteiger partial charge in [0.05, 0.1) is 0 Å². The smallest absolute Gasteiger partial charge is 0.254 e. The molecule has 1 atom stereocenters. The average Bonchev–Trinajstić information content (AvgIpc) is 2.84. The summed E-state index contributed by atoms with van der Waals surface area (Å²) in [7, 11) is 1.60. The van der Waals surface area contributed by atoms with Crippen LogP contribution in [0.25, 0.3) is 0 Å². The summed E-state index contributed by atoms with van der Waals surface area (Å²) in [6.45, 7) is 2.40. The van der Waals surface area contributed by atoms with Crippen molar-refractivity contribution in [2.24, 2.45) is 0 Å². The number of amides is 2. The zero-order valence-electron chi connectivity index (χ0n) is 17.9. The van der Waals surface area contributed by atoms with Crippen LogP contribution in [0.2, 0.25) is 0 Å². The summed E-state index contributed by atoms with van der Waals surface area (Å²) in [5, 5.41) is 5.81. The Kier molecular flexibility index (Phi) is 6.72. The highest BCUT2D eigenvalue weighted by atomic mass is 16.2. The zero-order valence-corrected chi connectivity index (χ0v) is 17.9. The van der Waals surface area contributed by atoms with E-state index in [1.165, 1.54) is 5.56 Å². The van der Waals surface area contributed by atoms with E-state index >= 15 is 0 Å². The van der Waals surface area contributed by atoms with Gasteiger partial charge in [0.2, 0.25) is 11.9 Å². The highest BCUT2D eigenvalue weighted by molar-refractivity contribution is 5.98. The van der Waals surface area contributed by atoms with E-state index in [0.717, 1.165) is 6.54 Å². The van der Waals surface area contributed by atoms with Crippen molar-refractivity contribution in [1.82, 2.24) is 25.1 Å². The third-order valence-corrected chi connectivity index (χ3v) is 5.45. The minimum absolute atomic E-state index is 0.164. The molecule has 0 radical (unpaired) electrons. The number of likely N-dealkylation sites (N-methyl/N-ethyl adjacent to an activating group) is 1. The van der Waals surface area contributed by atoms with Gasteiger partial charge < -0.3 is 15.5 Å².